The highest BCUT2D eigenvalue weighted by Crippen LogP contribution is 2.27. The van der Waals surface area contributed by atoms with Crippen LogP contribution in [0.1, 0.15) is 32.1 Å². The number of rotatable bonds is 9. The number of hydrogen-bond donors (Lipinski definition) is 1. The van der Waals surface area contributed by atoms with E-state index in [0.29, 0.717) is 46.5 Å². The summed E-state index contributed by atoms with van der Waals surface area (Å²) >= 11 is 0. The topological polar surface area (TPSA) is 111 Å². The van der Waals surface area contributed by atoms with Crippen molar-refractivity contribution in [2.24, 2.45) is 7.05 Å². The van der Waals surface area contributed by atoms with E-state index < -0.39 is 22.8 Å². The number of amides is 1. The lowest BCUT2D eigenvalue weighted by Gasteiger charge is -2.12. The molecule has 1 N–H and O–H groups in total. The van der Waals surface area contributed by atoms with Gasteiger partial charge < -0.3 is 10.2 Å². The van der Waals surface area contributed by atoms with Crippen molar-refractivity contribution in [2.75, 3.05) is 27.2 Å². The predicted molar refractivity (Wildman–Crippen MR) is 174 cm³/mol. The van der Waals surface area contributed by atoms with Crippen LogP contribution in [0.25, 0.3) is 27.7 Å². The summed E-state index contributed by atoms with van der Waals surface area (Å²) in [6.45, 7) is 1.15. The summed E-state index contributed by atoms with van der Waals surface area (Å²) in [5, 5.41) is 3.10. The van der Waals surface area contributed by atoms with E-state index in [0.717, 1.165) is 4.57 Å². The molecule has 0 saturated carbocycles. The van der Waals surface area contributed by atoms with E-state index in [1.165, 1.54) is 34.9 Å². The van der Waals surface area contributed by atoms with Gasteiger partial charge in [0, 0.05) is 43.0 Å². The van der Waals surface area contributed by atoms with E-state index in [-0.39, 0.29) is 29.2 Å². The number of fused-ring (bicyclic) bond motifs is 2. The molecule has 0 unspecified atom stereocenters. The van der Waals surface area contributed by atoms with Crippen molar-refractivity contribution in [1.82, 2.24) is 28.7 Å². The van der Waals surface area contributed by atoms with Gasteiger partial charge in [0.1, 0.15) is 5.82 Å². The van der Waals surface area contributed by atoms with Crippen LogP contribution in [0.4, 0.5) is 4.39 Å². The van der Waals surface area contributed by atoms with Crippen molar-refractivity contribution in [1.29, 1.82) is 0 Å². The van der Waals surface area contributed by atoms with Crippen molar-refractivity contribution in [3.8, 4) is 11.3 Å². The third-order valence-electron chi connectivity index (χ3n) is 7.86. The monoisotopic (exact) mass is 618 g/mol. The Morgan fingerprint density at radius 1 is 0.891 bits per heavy atom. The molecule has 46 heavy (non-hydrogen) atoms. The van der Waals surface area contributed by atoms with Gasteiger partial charge >= 0.3 is 5.69 Å². The highest BCUT2D eigenvalue weighted by molar-refractivity contribution is 6.09. The standard InChI is InChI=1S/C35H31FN6O4/c1-39(2)18-16-37-33(44)25-8-6-7-23(19-25)30-29-9-4-5-17-41(29)32(38-30)31(43)24-12-15-28-27(20-24)34(45)42(35(46)40(28)3)21-22-10-13-26(36)14-11-22/h4-15,17,19-20H,16,18,21H2,1-3H3,(H,37,44). The Labute approximate surface area is 263 Å². The summed E-state index contributed by atoms with van der Waals surface area (Å²) in [6, 6.07) is 22.7. The Morgan fingerprint density at radius 2 is 1.67 bits per heavy atom. The number of nitrogens with one attached hydrogen (secondary N) is 1. The number of hydrogen-bond acceptors (Lipinski definition) is 6. The van der Waals surface area contributed by atoms with Crippen LogP contribution in [0.3, 0.4) is 0 Å². The number of likely N-dealkylation sites (N-methyl/N-ethyl adjacent to an activating group) is 1. The molecular formula is C35H31FN6O4. The van der Waals surface area contributed by atoms with Gasteiger partial charge in [0.2, 0.25) is 5.78 Å². The van der Waals surface area contributed by atoms with Crippen LogP contribution in [-0.2, 0) is 13.6 Å². The van der Waals surface area contributed by atoms with Gasteiger partial charge in [-0.3, -0.25) is 27.9 Å². The van der Waals surface area contributed by atoms with Gasteiger partial charge in [0.25, 0.3) is 11.5 Å². The zero-order valence-electron chi connectivity index (χ0n) is 25.5. The van der Waals surface area contributed by atoms with Gasteiger partial charge in [-0.1, -0.05) is 30.3 Å². The molecule has 6 rings (SSSR count). The van der Waals surface area contributed by atoms with E-state index in [9.17, 15) is 23.6 Å². The number of aromatic nitrogens is 4. The molecule has 6 aromatic rings. The summed E-state index contributed by atoms with van der Waals surface area (Å²) < 4.78 is 17.5. The fourth-order valence-electron chi connectivity index (χ4n) is 5.41. The maximum atomic E-state index is 14.0. The first kappa shape index (κ1) is 30.4. The van der Waals surface area contributed by atoms with Crippen molar-refractivity contribution >= 4 is 28.1 Å². The highest BCUT2D eigenvalue weighted by atomic mass is 19.1. The summed E-state index contributed by atoms with van der Waals surface area (Å²) in [5.74, 6) is -0.930. The average molecular weight is 619 g/mol. The van der Waals surface area contributed by atoms with Crippen molar-refractivity contribution in [3.63, 3.8) is 0 Å². The molecule has 0 saturated heterocycles. The largest absolute Gasteiger partial charge is 0.351 e. The first-order valence-electron chi connectivity index (χ1n) is 14.7. The second kappa shape index (κ2) is 12.4. The summed E-state index contributed by atoms with van der Waals surface area (Å²) in [6.07, 6.45) is 1.73. The SMILES string of the molecule is CN(C)CCNC(=O)c1cccc(-c2nc(C(=O)c3ccc4c(c3)c(=O)n(Cc3ccc(F)cc3)c(=O)n4C)n3ccccc23)c1. The van der Waals surface area contributed by atoms with Crippen LogP contribution < -0.4 is 16.6 Å². The van der Waals surface area contributed by atoms with Gasteiger partial charge in [0.05, 0.1) is 28.7 Å². The van der Waals surface area contributed by atoms with Crippen LogP contribution in [0.2, 0.25) is 0 Å². The molecule has 0 aliphatic rings. The van der Waals surface area contributed by atoms with Gasteiger partial charge in [-0.05, 0) is 74.3 Å². The molecule has 3 aromatic carbocycles. The van der Waals surface area contributed by atoms with Crippen LogP contribution in [0.15, 0.2) is 101 Å². The maximum Gasteiger partial charge on any atom is 0.331 e. The number of ketones is 1. The molecule has 0 radical (unpaired) electrons. The molecular weight excluding hydrogens is 587 g/mol. The molecule has 0 fully saturated rings. The molecule has 0 spiro atoms. The molecule has 3 heterocycles. The minimum atomic E-state index is -0.564. The highest BCUT2D eigenvalue weighted by Gasteiger charge is 2.22. The smallest absolute Gasteiger partial charge is 0.331 e. The van der Waals surface area contributed by atoms with Gasteiger partial charge in [-0.15, -0.1) is 0 Å². The first-order valence-corrected chi connectivity index (χ1v) is 14.7. The maximum absolute atomic E-state index is 14.0. The van der Waals surface area contributed by atoms with Crippen LogP contribution in [0.5, 0.6) is 0 Å². The quantitative estimate of drug-likeness (QED) is 0.248. The van der Waals surface area contributed by atoms with E-state index >= 15 is 0 Å². The van der Waals surface area contributed by atoms with E-state index in [2.05, 4.69) is 5.32 Å². The van der Waals surface area contributed by atoms with Crippen LogP contribution in [0, 0.1) is 5.82 Å². The minimum absolute atomic E-state index is 0.0547. The zero-order valence-corrected chi connectivity index (χ0v) is 25.5. The third-order valence-corrected chi connectivity index (χ3v) is 7.86. The van der Waals surface area contributed by atoms with Crippen molar-refractivity contribution < 1.29 is 14.0 Å². The second-order valence-corrected chi connectivity index (χ2v) is 11.3. The van der Waals surface area contributed by atoms with Gasteiger partial charge in [-0.25, -0.2) is 14.2 Å². The number of aryl methyl sites for hydroxylation is 1. The molecule has 11 heteroatoms. The second-order valence-electron chi connectivity index (χ2n) is 11.3. The number of imidazole rings is 1. The first-order chi connectivity index (χ1) is 22.1. The Morgan fingerprint density at radius 3 is 2.43 bits per heavy atom. The summed E-state index contributed by atoms with van der Waals surface area (Å²) in [7, 11) is 5.42. The summed E-state index contributed by atoms with van der Waals surface area (Å²) in [5.41, 5.74) is 2.41. The Kier molecular flexibility index (Phi) is 8.16. The molecule has 1 amide bonds. The Hall–Kier alpha value is -5.68. The lowest BCUT2D eigenvalue weighted by atomic mass is 10.1. The lowest BCUT2D eigenvalue weighted by Crippen LogP contribution is -2.39. The Bertz CT molecular complexity index is 2250. The normalized spacial score (nSPS) is 11.4. The van der Waals surface area contributed by atoms with Crippen LogP contribution in [-0.4, -0.2) is 62.3 Å². The van der Waals surface area contributed by atoms with Crippen molar-refractivity contribution in [2.45, 2.75) is 6.54 Å². The number of benzene rings is 3. The average Bonchev–Trinajstić information content (AvgIpc) is 3.45. The number of carbonyl (C=O) groups excluding carboxylic acids is 2. The Balaban J connectivity index is 1.39. The molecule has 0 bridgehead atoms. The number of halogens is 1. The molecule has 10 nitrogen and oxygen atoms in total. The van der Waals surface area contributed by atoms with E-state index in [4.69, 9.17) is 4.98 Å². The van der Waals surface area contributed by atoms with Gasteiger partial charge in [-0.2, -0.15) is 0 Å². The lowest BCUT2D eigenvalue weighted by molar-refractivity contribution is 0.0950. The van der Waals surface area contributed by atoms with Crippen LogP contribution >= 0.6 is 0 Å². The summed E-state index contributed by atoms with van der Waals surface area (Å²) in [4.78, 5) is 60.2. The predicted octanol–water partition coefficient (Wildman–Crippen LogP) is 3.72. The molecule has 0 aliphatic carbocycles. The zero-order chi connectivity index (χ0) is 32.5. The number of pyridine rings is 1. The van der Waals surface area contributed by atoms with E-state index in [1.807, 2.05) is 37.2 Å². The minimum Gasteiger partial charge on any atom is -0.351 e. The molecule has 3 aromatic heterocycles. The molecule has 0 aliphatic heterocycles. The third kappa shape index (κ3) is 5.75. The van der Waals surface area contributed by atoms with Gasteiger partial charge in [0.15, 0.2) is 5.82 Å². The van der Waals surface area contributed by atoms with E-state index in [1.54, 1.807) is 54.0 Å². The van der Waals surface area contributed by atoms with Crippen molar-refractivity contribution in [3.05, 3.63) is 140 Å². The molecule has 232 valence electrons. The number of carbonyl (C=O) groups is 2. The molecule has 0 atom stereocenters. The fourth-order valence-corrected chi connectivity index (χ4v) is 5.41. The number of nitrogens with zero attached hydrogens (tertiary/aromatic N) is 5. The fraction of sp³-hybridized carbons (Fsp3) is 0.171.